The Morgan fingerprint density at radius 1 is 1.21 bits per heavy atom. The predicted molar refractivity (Wildman–Crippen MR) is 120 cm³/mol. The number of nitrogens with one attached hydrogen (secondary N) is 1. The third-order valence-electron chi connectivity index (χ3n) is 5.26. The van der Waals surface area contributed by atoms with Gasteiger partial charge in [-0.15, -0.1) is 0 Å². The van der Waals surface area contributed by atoms with Crippen LogP contribution in [0.1, 0.15) is 19.2 Å². The Morgan fingerprint density at radius 2 is 1.97 bits per heavy atom. The van der Waals surface area contributed by atoms with Crippen LogP contribution in [0.4, 0.5) is 5.95 Å². The average Bonchev–Trinajstić information content (AvgIpc) is 3.20. The number of benzene rings is 1. The van der Waals surface area contributed by atoms with Crippen LogP contribution in [0.2, 0.25) is 0 Å². The molecule has 2 aromatic heterocycles. The van der Waals surface area contributed by atoms with E-state index in [1.54, 1.807) is 36.7 Å². The van der Waals surface area contributed by atoms with E-state index in [-0.39, 0.29) is 23.9 Å². The molecule has 12 heteroatoms. The smallest absolute Gasteiger partial charge is 0.308 e. The normalized spacial score (nSPS) is 14.9. The number of aryl methyl sites for hydroxylation is 1. The molecule has 0 saturated carbocycles. The minimum absolute atomic E-state index is 0.00522. The van der Waals surface area contributed by atoms with Crippen molar-refractivity contribution in [3.8, 4) is 0 Å². The fourth-order valence-electron chi connectivity index (χ4n) is 3.60. The summed E-state index contributed by atoms with van der Waals surface area (Å²) in [5.74, 6) is 0.616. The summed E-state index contributed by atoms with van der Waals surface area (Å²) < 4.78 is 39.9. The molecular weight excluding hydrogens is 448 g/mol. The van der Waals surface area contributed by atoms with Gasteiger partial charge in [0, 0.05) is 38.6 Å². The highest BCUT2D eigenvalue weighted by molar-refractivity contribution is 7.89. The monoisotopic (exact) mass is 474 g/mol. The highest BCUT2D eigenvalue weighted by atomic mass is 32.2. The first-order valence-electron chi connectivity index (χ1n) is 10.7. The number of ether oxygens (including phenoxy) is 2. The number of fused-ring (bicyclic) bond motifs is 1. The summed E-state index contributed by atoms with van der Waals surface area (Å²) >= 11 is 0. The number of imidazole rings is 1. The number of hydrogen-bond donors (Lipinski definition) is 1. The third-order valence-corrected chi connectivity index (χ3v) is 7.16. The molecule has 1 aromatic carbocycles. The number of rotatable bonds is 9. The lowest BCUT2D eigenvalue weighted by Gasteiger charge is -2.26. The van der Waals surface area contributed by atoms with Crippen LogP contribution in [0.5, 0.6) is 0 Å². The Kier molecular flexibility index (Phi) is 7.16. The van der Waals surface area contributed by atoms with E-state index in [1.807, 2.05) is 11.5 Å². The first-order valence-corrected chi connectivity index (χ1v) is 12.2. The first-order chi connectivity index (χ1) is 16.0. The zero-order valence-electron chi connectivity index (χ0n) is 18.3. The van der Waals surface area contributed by atoms with Crippen LogP contribution >= 0.6 is 0 Å². The molecule has 0 spiro atoms. The number of carbonyl (C=O) groups excluding carboxylic acids is 1. The number of sulfonamides is 1. The van der Waals surface area contributed by atoms with Gasteiger partial charge in [0.25, 0.3) is 0 Å². The van der Waals surface area contributed by atoms with Gasteiger partial charge in [0.2, 0.25) is 16.0 Å². The van der Waals surface area contributed by atoms with E-state index in [1.165, 1.54) is 4.31 Å². The third kappa shape index (κ3) is 5.29. The maximum absolute atomic E-state index is 13.0. The van der Waals surface area contributed by atoms with Gasteiger partial charge in [0.1, 0.15) is 12.4 Å². The van der Waals surface area contributed by atoms with E-state index < -0.39 is 10.0 Å². The van der Waals surface area contributed by atoms with Gasteiger partial charge in [0.05, 0.1) is 35.6 Å². The van der Waals surface area contributed by atoms with Crippen molar-refractivity contribution in [3.63, 3.8) is 0 Å². The molecule has 0 bridgehead atoms. The van der Waals surface area contributed by atoms with Crippen molar-refractivity contribution in [1.82, 2.24) is 23.8 Å². The number of hydrogen-bond acceptors (Lipinski definition) is 9. The minimum atomic E-state index is -3.62. The maximum Gasteiger partial charge on any atom is 0.308 e. The summed E-state index contributed by atoms with van der Waals surface area (Å²) in [5.41, 5.74) is 1.33. The van der Waals surface area contributed by atoms with Crippen molar-refractivity contribution in [2.24, 2.45) is 0 Å². The quantitative estimate of drug-likeness (QED) is 0.458. The van der Waals surface area contributed by atoms with Gasteiger partial charge in [-0.2, -0.15) is 4.31 Å². The summed E-state index contributed by atoms with van der Waals surface area (Å²) in [6.07, 6.45) is 3.37. The second-order valence-corrected chi connectivity index (χ2v) is 9.29. The minimum Gasteiger partial charge on any atom is -0.457 e. The SMILES string of the molecule is CCn1c(COC(=O)CCNc2ncccn2)nc2cc(S(=O)(=O)N3CCOCC3)ccc21. The Balaban J connectivity index is 1.42. The lowest BCUT2D eigenvalue weighted by atomic mass is 10.3. The molecule has 1 aliphatic heterocycles. The first kappa shape index (κ1) is 23.1. The maximum atomic E-state index is 13.0. The van der Waals surface area contributed by atoms with E-state index in [2.05, 4.69) is 20.3 Å². The van der Waals surface area contributed by atoms with E-state index in [0.717, 1.165) is 5.52 Å². The van der Waals surface area contributed by atoms with Crippen molar-refractivity contribution < 1.29 is 22.7 Å². The van der Waals surface area contributed by atoms with Crippen LogP contribution in [0.3, 0.4) is 0 Å². The van der Waals surface area contributed by atoms with Crippen LogP contribution in [0.15, 0.2) is 41.6 Å². The van der Waals surface area contributed by atoms with Crippen LogP contribution in [0, 0.1) is 0 Å². The Hall–Kier alpha value is -3.09. The fraction of sp³-hybridized carbons (Fsp3) is 0.429. The standard InChI is InChI=1S/C21H26N6O5S/c1-2-27-18-5-4-16(33(29,30)26-10-12-31-13-11-26)14-17(18)25-19(27)15-32-20(28)6-9-24-21-22-7-3-8-23-21/h3-5,7-8,14H,2,6,9-13,15H2,1H3,(H,22,23,24). The predicted octanol–water partition coefficient (Wildman–Crippen LogP) is 1.41. The molecule has 1 N–H and O–H groups in total. The molecule has 11 nitrogen and oxygen atoms in total. The second-order valence-electron chi connectivity index (χ2n) is 7.35. The van der Waals surface area contributed by atoms with Gasteiger partial charge in [0.15, 0.2) is 0 Å². The van der Waals surface area contributed by atoms with E-state index in [0.29, 0.717) is 56.7 Å². The van der Waals surface area contributed by atoms with Crippen molar-refractivity contribution in [2.75, 3.05) is 38.2 Å². The topological polar surface area (TPSA) is 129 Å². The largest absolute Gasteiger partial charge is 0.457 e. The molecule has 0 amide bonds. The molecule has 0 aliphatic carbocycles. The summed E-state index contributed by atoms with van der Waals surface area (Å²) in [5, 5.41) is 2.95. The van der Waals surface area contributed by atoms with E-state index in [9.17, 15) is 13.2 Å². The van der Waals surface area contributed by atoms with Gasteiger partial charge >= 0.3 is 5.97 Å². The molecule has 1 aliphatic rings. The van der Waals surface area contributed by atoms with Crippen molar-refractivity contribution >= 4 is 33.0 Å². The van der Waals surface area contributed by atoms with Gasteiger partial charge in [-0.1, -0.05) is 0 Å². The number of carbonyl (C=O) groups is 1. The highest BCUT2D eigenvalue weighted by Crippen LogP contribution is 2.24. The zero-order valence-corrected chi connectivity index (χ0v) is 19.1. The molecule has 176 valence electrons. The molecule has 3 aromatic rings. The van der Waals surface area contributed by atoms with Gasteiger partial charge in [-0.05, 0) is 31.2 Å². The number of aromatic nitrogens is 4. The lowest BCUT2D eigenvalue weighted by Crippen LogP contribution is -2.40. The number of morpholine rings is 1. The van der Waals surface area contributed by atoms with E-state index >= 15 is 0 Å². The van der Waals surface area contributed by atoms with Crippen LogP contribution < -0.4 is 5.32 Å². The summed E-state index contributed by atoms with van der Waals surface area (Å²) in [7, 11) is -3.62. The number of anilines is 1. The van der Waals surface area contributed by atoms with Crippen LogP contribution in [-0.4, -0.2) is 71.1 Å². The molecule has 4 rings (SSSR count). The lowest BCUT2D eigenvalue weighted by molar-refractivity contribution is -0.144. The van der Waals surface area contributed by atoms with Crippen molar-refractivity contribution in [1.29, 1.82) is 0 Å². The average molecular weight is 475 g/mol. The van der Waals surface area contributed by atoms with Crippen LogP contribution in [-0.2, 0) is 37.4 Å². The van der Waals surface area contributed by atoms with Crippen molar-refractivity contribution in [3.05, 3.63) is 42.5 Å². The van der Waals surface area contributed by atoms with Gasteiger partial charge in [-0.3, -0.25) is 4.79 Å². The molecule has 1 fully saturated rings. The summed E-state index contributed by atoms with van der Waals surface area (Å²) in [6.45, 7) is 4.32. The highest BCUT2D eigenvalue weighted by Gasteiger charge is 2.27. The Morgan fingerprint density at radius 3 is 2.70 bits per heavy atom. The number of esters is 1. The van der Waals surface area contributed by atoms with Gasteiger partial charge < -0.3 is 19.4 Å². The van der Waals surface area contributed by atoms with Gasteiger partial charge in [-0.25, -0.2) is 23.4 Å². The molecule has 0 radical (unpaired) electrons. The van der Waals surface area contributed by atoms with Crippen LogP contribution in [0.25, 0.3) is 11.0 Å². The zero-order chi connectivity index (χ0) is 23.3. The summed E-state index contributed by atoms with van der Waals surface area (Å²) in [6, 6.07) is 6.62. The molecular formula is C21H26N6O5S. The molecule has 0 unspecified atom stereocenters. The Labute approximate surface area is 191 Å². The second kappa shape index (κ2) is 10.2. The molecule has 0 atom stereocenters. The fourth-order valence-corrected chi connectivity index (χ4v) is 5.03. The summed E-state index contributed by atoms with van der Waals surface area (Å²) in [4.78, 5) is 24.9. The molecule has 1 saturated heterocycles. The molecule has 33 heavy (non-hydrogen) atoms. The molecule has 3 heterocycles. The number of nitrogens with zero attached hydrogens (tertiary/aromatic N) is 5. The van der Waals surface area contributed by atoms with Crippen molar-refractivity contribution in [2.45, 2.75) is 31.4 Å². The Bertz CT molecular complexity index is 1210. The van der Waals surface area contributed by atoms with E-state index in [4.69, 9.17) is 9.47 Å².